The molecule has 112 valence electrons. The molecule has 0 unspecified atom stereocenters. The van der Waals surface area contributed by atoms with E-state index in [0.29, 0.717) is 17.3 Å². The molecule has 1 aliphatic carbocycles. The second-order valence-electron chi connectivity index (χ2n) is 4.95. The fourth-order valence-electron chi connectivity index (χ4n) is 2.06. The summed E-state index contributed by atoms with van der Waals surface area (Å²) in [7, 11) is 0. The Balaban J connectivity index is 1.80. The van der Waals surface area contributed by atoms with Gasteiger partial charge in [-0.15, -0.1) is 0 Å². The second kappa shape index (κ2) is 7.22. The SMILES string of the molecule is C[C@@H](OC(=O)C[C@@H]1C=CCC1)C(=O)Nc1ccc(Cl)cn1. The van der Waals surface area contributed by atoms with Crippen LogP contribution in [0.15, 0.2) is 30.5 Å². The maximum absolute atomic E-state index is 11.9. The Morgan fingerprint density at radius 2 is 2.33 bits per heavy atom. The topological polar surface area (TPSA) is 68.3 Å². The number of hydrogen-bond acceptors (Lipinski definition) is 4. The molecular weight excluding hydrogens is 292 g/mol. The van der Waals surface area contributed by atoms with Crippen LogP contribution >= 0.6 is 11.6 Å². The zero-order valence-corrected chi connectivity index (χ0v) is 12.5. The van der Waals surface area contributed by atoms with Crippen LogP contribution in [0.3, 0.4) is 0 Å². The van der Waals surface area contributed by atoms with Gasteiger partial charge in [0.25, 0.3) is 5.91 Å². The first kappa shape index (κ1) is 15.5. The number of hydrogen-bond donors (Lipinski definition) is 1. The van der Waals surface area contributed by atoms with Crippen molar-refractivity contribution in [3.05, 3.63) is 35.5 Å². The van der Waals surface area contributed by atoms with Crippen LogP contribution in [0.25, 0.3) is 0 Å². The maximum Gasteiger partial charge on any atom is 0.307 e. The molecule has 0 aliphatic heterocycles. The fraction of sp³-hybridized carbons (Fsp3) is 0.400. The Morgan fingerprint density at radius 1 is 1.52 bits per heavy atom. The van der Waals surface area contributed by atoms with Crippen LogP contribution in [0.1, 0.15) is 26.2 Å². The van der Waals surface area contributed by atoms with Crippen LogP contribution in [-0.2, 0) is 14.3 Å². The smallest absolute Gasteiger partial charge is 0.307 e. The number of ether oxygens (including phenoxy) is 1. The number of aromatic nitrogens is 1. The largest absolute Gasteiger partial charge is 0.453 e. The number of esters is 1. The molecule has 0 spiro atoms. The lowest BCUT2D eigenvalue weighted by atomic mass is 10.1. The second-order valence-corrected chi connectivity index (χ2v) is 5.39. The lowest BCUT2D eigenvalue weighted by Crippen LogP contribution is -2.30. The molecule has 1 aliphatic rings. The molecule has 2 rings (SSSR count). The number of anilines is 1. The van der Waals surface area contributed by atoms with E-state index < -0.39 is 12.0 Å². The van der Waals surface area contributed by atoms with Gasteiger partial charge in [0.2, 0.25) is 0 Å². The Morgan fingerprint density at radius 3 is 2.95 bits per heavy atom. The summed E-state index contributed by atoms with van der Waals surface area (Å²) in [5, 5.41) is 3.05. The summed E-state index contributed by atoms with van der Waals surface area (Å²) < 4.78 is 5.13. The van der Waals surface area contributed by atoms with Gasteiger partial charge in [-0.25, -0.2) is 4.98 Å². The molecular formula is C15H17ClN2O3. The number of halogens is 1. The third kappa shape index (κ3) is 4.86. The molecule has 0 saturated carbocycles. The highest BCUT2D eigenvalue weighted by Gasteiger charge is 2.21. The molecule has 2 atom stereocenters. The minimum Gasteiger partial charge on any atom is -0.453 e. The minimum absolute atomic E-state index is 0.227. The van der Waals surface area contributed by atoms with Gasteiger partial charge in [0.15, 0.2) is 6.10 Å². The lowest BCUT2D eigenvalue weighted by molar-refractivity contribution is -0.153. The summed E-state index contributed by atoms with van der Waals surface area (Å²) in [6.07, 6.45) is 6.92. The molecule has 6 heteroatoms. The molecule has 0 radical (unpaired) electrons. The average molecular weight is 309 g/mol. The van der Waals surface area contributed by atoms with Crippen LogP contribution in [0.2, 0.25) is 5.02 Å². The van der Waals surface area contributed by atoms with Crippen LogP contribution in [-0.4, -0.2) is 23.0 Å². The van der Waals surface area contributed by atoms with Crippen molar-refractivity contribution in [1.29, 1.82) is 0 Å². The molecule has 21 heavy (non-hydrogen) atoms. The zero-order chi connectivity index (χ0) is 15.2. The van der Waals surface area contributed by atoms with Gasteiger partial charge >= 0.3 is 5.97 Å². The molecule has 0 bridgehead atoms. The number of allylic oxidation sites excluding steroid dienone is 2. The Labute approximate surface area is 128 Å². The van der Waals surface area contributed by atoms with Gasteiger partial charge < -0.3 is 10.1 Å². The molecule has 1 heterocycles. The van der Waals surface area contributed by atoms with Crippen molar-refractivity contribution in [2.75, 3.05) is 5.32 Å². The van der Waals surface area contributed by atoms with E-state index in [1.165, 1.54) is 13.1 Å². The van der Waals surface area contributed by atoms with E-state index in [9.17, 15) is 9.59 Å². The highest BCUT2D eigenvalue weighted by Crippen LogP contribution is 2.21. The van der Waals surface area contributed by atoms with E-state index in [0.717, 1.165) is 12.8 Å². The first-order valence-electron chi connectivity index (χ1n) is 6.83. The maximum atomic E-state index is 11.9. The highest BCUT2D eigenvalue weighted by atomic mass is 35.5. The number of carbonyl (C=O) groups excluding carboxylic acids is 2. The monoisotopic (exact) mass is 308 g/mol. The van der Waals surface area contributed by atoms with Crippen molar-refractivity contribution in [3.63, 3.8) is 0 Å². The highest BCUT2D eigenvalue weighted by molar-refractivity contribution is 6.30. The molecule has 0 saturated heterocycles. The van der Waals surface area contributed by atoms with Gasteiger partial charge in [-0.05, 0) is 37.8 Å². The summed E-state index contributed by atoms with van der Waals surface area (Å²) in [5.41, 5.74) is 0. The summed E-state index contributed by atoms with van der Waals surface area (Å²) in [6.45, 7) is 1.54. The number of amides is 1. The van der Waals surface area contributed by atoms with Crippen LogP contribution in [0, 0.1) is 5.92 Å². The van der Waals surface area contributed by atoms with Crippen molar-refractivity contribution in [2.24, 2.45) is 5.92 Å². The Hall–Kier alpha value is -1.88. The van der Waals surface area contributed by atoms with Crippen molar-refractivity contribution in [3.8, 4) is 0 Å². The molecule has 0 fully saturated rings. The molecule has 1 amide bonds. The van der Waals surface area contributed by atoms with E-state index >= 15 is 0 Å². The lowest BCUT2D eigenvalue weighted by Gasteiger charge is -2.14. The summed E-state index contributed by atoms with van der Waals surface area (Å²) >= 11 is 5.71. The van der Waals surface area contributed by atoms with Gasteiger partial charge in [-0.1, -0.05) is 23.8 Å². The van der Waals surface area contributed by atoms with Crippen molar-refractivity contribution in [2.45, 2.75) is 32.3 Å². The molecule has 0 aromatic carbocycles. The number of nitrogens with one attached hydrogen (secondary N) is 1. The van der Waals surface area contributed by atoms with Gasteiger partial charge in [0.05, 0.1) is 11.4 Å². The number of carbonyl (C=O) groups is 2. The van der Waals surface area contributed by atoms with Gasteiger partial charge in [-0.3, -0.25) is 9.59 Å². The van der Waals surface area contributed by atoms with E-state index in [1.807, 2.05) is 6.08 Å². The predicted octanol–water partition coefficient (Wildman–Crippen LogP) is 2.96. The van der Waals surface area contributed by atoms with Crippen LogP contribution in [0.5, 0.6) is 0 Å². The van der Waals surface area contributed by atoms with E-state index in [4.69, 9.17) is 16.3 Å². The Kier molecular flexibility index (Phi) is 5.33. The summed E-state index contributed by atoms with van der Waals surface area (Å²) in [6, 6.07) is 3.20. The first-order chi connectivity index (χ1) is 10.0. The molecule has 1 aromatic heterocycles. The molecule has 5 nitrogen and oxygen atoms in total. The quantitative estimate of drug-likeness (QED) is 0.671. The summed E-state index contributed by atoms with van der Waals surface area (Å²) in [5.74, 6) is -0.185. The van der Waals surface area contributed by atoms with E-state index in [2.05, 4.69) is 16.4 Å². The fourth-order valence-corrected chi connectivity index (χ4v) is 2.17. The Bertz CT molecular complexity index is 542. The molecule has 1 N–H and O–H groups in total. The average Bonchev–Trinajstić information content (AvgIpc) is 2.94. The standard InChI is InChI=1S/C15H17ClN2O3/c1-10(21-14(19)8-11-4-2-3-5-11)15(20)18-13-7-6-12(16)9-17-13/h2,4,6-7,9-11H,3,5,8H2,1H3,(H,17,18,20)/t10-,11-/m1/s1. The van der Waals surface area contributed by atoms with Crippen molar-refractivity contribution < 1.29 is 14.3 Å². The van der Waals surface area contributed by atoms with Crippen LogP contribution < -0.4 is 5.32 Å². The third-order valence-corrected chi connectivity index (χ3v) is 3.42. The van der Waals surface area contributed by atoms with E-state index in [-0.39, 0.29) is 11.9 Å². The van der Waals surface area contributed by atoms with Crippen LogP contribution in [0.4, 0.5) is 5.82 Å². The molecule has 1 aromatic rings. The third-order valence-electron chi connectivity index (χ3n) is 3.20. The zero-order valence-electron chi connectivity index (χ0n) is 11.7. The number of nitrogens with zero attached hydrogens (tertiary/aromatic N) is 1. The predicted molar refractivity (Wildman–Crippen MR) is 79.9 cm³/mol. The van der Waals surface area contributed by atoms with Gasteiger partial charge in [0, 0.05) is 6.20 Å². The minimum atomic E-state index is -0.861. The van der Waals surface area contributed by atoms with Crippen molar-refractivity contribution >= 4 is 29.3 Å². The van der Waals surface area contributed by atoms with Gasteiger partial charge in [-0.2, -0.15) is 0 Å². The number of pyridine rings is 1. The van der Waals surface area contributed by atoms with E-state index in [1.54, 1.807) is 12.1 Å². The van der Waals surface area contributed by atoms with Gasteiger partial charge in [0.1, 0.15) is 5.82 Å². The first-order valence-corrected chi connectivity index (χ1v) is 7.21. The van der Waals surface area contributed by atoms with Crippen molar-refractivity contribution in [1.82, 2.24) is 4.98 Å². The summed E-state index contributed by atoms with van der Waals surface area (Å²) in [4.78, 5) is 27.6. The number of rotatable bonds is 5. The normalized spacial score (nSPS) is 18.3.